The largest absolute Gasteiger partial charge is 0.475 e. The molecule has 2 N–H and O–H groups in total. The minimum Gasteiger partial charge on any atom is -0.475 e. The summed E-state index contributed by atoms with van der Waals surface area (Å²) in [6.45, 7) is 6.13. The molecule has 140 valence electrons. The zero-order chi connectivity index (χ0) is 18.7. The molecule has 0 bridgehead atoms. The summed E-state index contributed by atoms with van der Waals surface area (Å²) in [5.74, 6) is -2.98. The van der Waals surface area contributed by atoms with E-state index in [9.17, 15) is 0 Å². The standard InChI is InChI=1S/C13H21N3O2S.C2H2O4/c1-3-17-8-5-9-18-13-12(14-19-15-13)11-6-4-7-16(2)10-11;3-1(4)2(5)6/h6H,3-5,7-10H2,1-2H3;(H,3,4)(H,5,6). The van der Waals surface area contributed by atoms with Crippen LogP contribution in [0.15, 0.2) is 6.08 Å². The molecule has 0 amide bonds. The Labute approximate surface area is 150 Å². The Morgan fingerprint density at radius 1 is 1.28 bits per heavy atom. The lowest BCUT2D eigenvalue weighted by atomic mass is 10.1. The van der Waals surface area contributed by atoms with Gasteiger partial charge in [-0.3, -0.25) is 0 Å². The molecule has 2 rings (SSSR count). The Bertz CT molecular complexity index is 578. The van der Waals surface area contributed by atoms with Crippen LogP contribution in [0.4, 0.5) is 0 Å². The van der Waals surface area contributed by atoms with Gasteiger partial charge in [0, 0.05) is 32.7 Å². The molecule has 0 fully saturated rings. The third kappa shape index (κ3) is 8.05. The van der Waals surface area contributed by atoms with Crippen molar-refractivity contribution in [2.75, 3.05) is 40.0 Å². The molecule has 0 saturated carbocycles. The molecular formula is C15H23N3O6S. The summed E-state index contributed by atoms with van der Waals surface area (Å²) < 4.78 is 19.6. The molecule has 10 heteroatoms. The zero-order valence-corrected chi connectivity index (χ0v) is 15.1. The van der Waals surface area contributed by atoms with Crippen LogP contribution in [0.5, 0.6) is 5.88 Å². The van der Waals surface area contributed by atoms with Gasteiger partial charge in [-0.1, -0.05) is 6.08 Å². The van der Waals surface area contributed by atoms with Gasteiger partial charge in [0.2, 0.25) is 0 Å². The first-order chi connectivity index (χ1) is 12.0. The summed E-state index contributed by atoms with van der Waals surface area (Å²) in [6.07, 6.45) is 4.18. The summed E-state index contributed by atoms with van der Waals surface area (Å²) in [7, 11) is 2.12. The summed E-state index contributed by atoms with van der Waals surface area (Å²) in [5.41, 5.74) is 2.13. The lowest BCUT2D eigenvalue weighted by Crippen LogP contribution is -2.25. The summed E-state index contributed by atoms with van der Waals surface area (Å²) in [4.78, 5) is 20.5. The Kier molecular flexibility index (Phi) is 9.66. The van der Waals surface area contributed by atoms with Gasteiger partial charge in [-0.05, 0) is 26.0 Å². The molecule has 0 atom stereocenters. The second-order valence-corrected chi connectivity index (χ2v) is 5.71. The van der Waals surface area contributed by atoms with Gasteiger partial charge in [0.1, 0.15) is 5.69 Å². The number of carboxylic acids is 2. The van der Waals surface area contributed by atoms with E-state index in [1.807, 2.05) is 6.92 Å². The third-order valence-electron chi connectivity index (χ3n) is 3.16. The van der Waals surface area contributed by atoms with Crippen LogP contribution in [0.25, 0.3) is 5.57 Å². The number of likely N-dealkylation sites (N-methyl/N-ethyl adjacent to an activating group) is 1. The minimum absolute atomic E-state index is 0.627. The molecule has 0 unspecified atom stereocenters. The van der Waals surface area contributed by atoms with Gasteiger partial charge in [-0.2, -0.15) is 4.37 Å². The second kappa shape index (κ2) is 11.5. The van der Waals surface area contributed by atoms with Crippen molar-refractivity contribution in [3.63, 3.8) is 0 Å². The van der Waals surface area contributed by atoms with E-state index in [2.05, 4.69) is 26.8 Å². The van der Waals surface area contributed by atoms with Crippen molar-refractivity contribution in [2.45, 2.75) is 19.8 Å². The normalized spacial score (nSPS) is 14.2. The molecule has 0 spiro atoms. The monoisotopic (exact) mass is 373 g/mol. The maximum absolute atomic E-state index is 9.10. The van der Waals surface area contributed by atoms with Gasteiger partial charge in [-0.25, -0.2) is 9.59 Å². The molecule has 0 saturated heterocycles. The van der Waals surface area contributed by atoms with Crippen LogP contribution in [0.1, 0.15) is 25.5 Å². The van der Waals surface area contributed by atoms with E-state index in [1.54, 1.807) is 0 Å². The van der Waals surface area contributed by atoms with E-state index in [0.717, 1.165) is 44.8 Å². The second-order valence-electron chi connectivity index (χ2n) is 5.18. The molecule has 25 heavy (non-hydrogen) atoms. The predicted molar refractivity (Wildman–Crippen MR) is 91.9 cm³/mol. The fraction of sp³-hybridized carbons (Fsp3) is 0.600. The third-order valence-corrected chi connectivity index (χ3v) is 3.67. The first-order valence-corrected chi connectivity index (χ1v) is 8.56. The molecule has 0 aromatic carbocycles. The zero-order valence-electron chi connectivity index (χ0n) is 14.3. The summed E-state index contributed by atoms with van der Waals surface area (Å²) in [6, 6.07) is 0. The summed E-state index contributed by atoms with van der Waals surface area (Å²) >= 11 is 1.21. The van der Waals surface area contributed by atoms with Crippen molar-refractivity contribution < 1.29 is 29.3 Å². The molecule has 0 aliphatic carbocycles. The average Bonchev–Trinajstić information content (AvgIpc) is 3.03. The van der Waals surface area contributed by atoms with Gasteiger partial charge in [0.25, 0.3) is 5.88 Å². The topological polar surface area (TPSA) is 122 Å². The van der Waals surface area contributed by atoms with E-state index in [4.69, 9.17) is 29.3 Å². The Morgan fingerprint density at radius 2 is 2.00 bits per heavy atom. The van der Waals surface area contributed by atoms with Gasteiger partial charge in [0.15, 0.2) is 0 Å². The van der Waals surface area contributed by atoms with E-state index < -0.39 is 11.9 Å². The van der Waals surface area contributed by atoms with Crippen molar-refractivity contribution in [1.82, 2.24) is 13.6 Å². The van der Waals surface area contributed by atoms with Crippen LogP contribution < -0.4 is 4.74 Å². The van der Waals surface area contributed by atoms with E-state index in [0.29, 0.717) is 12.5 Å². The number of ether oxygens (including phenoxy) is 2. The van der Waals surface area contributed by atoms with Crippen molar-refractivity contribution in [3.8, 4) is 5.88 Å². The number of hydrogen-bond donors (Lipinski definition) is 2. The average molecular weight is 373 g/mol. The van der Waals surface area contributed by atoms with Crippen molar-refractivity contribution >= 4 is 29.2 Å². The van der Waals surface area contributed by atoms with Crippen molar-refractivity contribution in [3.05, 3.63) is 11.8 Å². The number of aromatic nitrogens is 2. The maximum atomic E-state index is 9.10. The van der Waals surface area contributed by atoms with Gasteiger partial charge in [0.05, 0.1) is 18.3 Å². The molecule has 1 aromatic heterocycles. The quantitative estimate of drug-likeness (QED) is 0.536. The van der Waals surface area contributed by atoms with E-state index >= 15 is 0 Å². The van der Waals surface area contributed by atoms with Crippen molar-refractivity contribution in [1.29, 1.82) is 0 Å². The highest BCUT2D eigenvalue weighted by atomic mass is 32.1. The van der Waals surface area contributed by atoms with Gasteiger partial charge < -0.3 is 24.6 Å². The number of aliphatic carboxylic acids is 2. The Morgan fingerprint density at radius 3 is 2.60 bits per heavy atom. The van der Waals surface area contributed by atoms with Crippen LogP contribution in [0.3, 0.4) is 0 Å². The lowest BCUT2D eigenvalue weighted by Gasteiger charge is -2.22. The molecule has 0 radical (unpaired) electrons. The molecule has 2 heterocycles. The number of nitrogens with zero attached hydrogens (tertiary/aromatic N) is 3. The minimum atomic E-state index is -1.82. The highest BCUT2D eigenvalue weighted by Gasteiger charge is 2.18. The van der Waals surface area contributed by atoms with Crippen LogP contribution in [-0.2, 0) is 14.3 Å². The number of rotatable bonds is 7. The van der Waals surface area contributed by atoms with Gasteiger partial charge >= 0.3 is 11.9 Å². The smallest absolute Gasteiger partial charge is 0.414 e. The van der Waals surface area contributed by atoms with E-state index in [-0.39, 0.29) is 0 Å². The Balaban J connectivity index is 0.000000450. The summed E-state index contributed by atoms with van der Waals surface area (Å²) in [5, 5.41) is 14.8. The van der Waals surface area contributed by atoms with Crippen LogP contribution in [0.2, 0.25) is 0 Å². The van der Waals surface area contributed by atoms with Crippen LogP contribution in [0, 0.1) is 0 Å². The number of carboxylic acid groups (broad SMARTS) is 2. The fourth-order valence-corrected chi connectivity index (χ4v) is 2.54. The Hall–Kier alpha value is -2.04. The molecule has 1 aliphatic rings. The van der Waals surface area contributed by atoms with Crippen LogP contribution >= 0.6 is 11.7 Å². The first kappa shape index (κ1) is 21.0. The number of hydrogen-bond acceptors (Lipinski definition) is 8. The van der Waals surface area contributed by atoms with Crippen molar-refractivity contribution in [2.24, 2.45) is 0 Å². The fourth-order valence-electron chi connectivity index (χ4n) is 2.01. The number of carbonyl (C=O) groups is 2. The molecule has 9 nitrogen and oxygen atoms in total. The predicted octanol–water partition coefficient (Wildman–Crippen LogP) is 1.22. The molecule has 1 aromatic rings. The van der Waals surface area contributed by atoms with Crippen LogP contribution in [-0.4, -0.2) is 75.8 Å². The first-order valence-electron chi connectivity index (χ1n) is 7.83. The molecular weight excluding hydrogens is 350 g/mol. The lowest BCUT2D eigenvalue weighted by molar-refractivity contribution is -0.159. The van der Waals surface area contributed by atoms with E-state index in [1.165, 1.54) is 17.3 Å². The SMILES string of the molecule is CCOCCCOc1nsnc1C1=CCCN(C)C1.O=C(O)C(=O)O. The van der Waals surface area contributed by atoms with Gasteiger partial charge in [-0.15, -0.1) is 4.37 Å². The highest BCUT2D eigenvalue weighted by Crippen LogP contribution is 2.26. The maximum Gasteiger partial charge on any atom is 0.414 e. The molecule has 1 aliphatic heterocycles. The highest BCUT2D eigenvalue weighted by molar-refractivity contribution is 6.99.